The van der Waals surface area contributed by atoms with Gasteiger partial charge in [-0.25, -0.2) is 0 Å². The smallest absolute Gasteiger partial charge is 0.0126 e. The minimum absolute atomic E-state index is 0.353. The second kappa shape index (κ2) is 8.74. The first-order chi connectivity index (χ1) is 11.7. The van der Waals surface area contributed by atoms with Gasteiger partial charge in [0.1, 0.15) is 0 Å². The van der Waals surface area contributed by atoms with Crippen LogP contribution in [0.25, 0.3) is 0 Å². The van der Waals surface area contributed by atoms with E-state index in [-0.39, 0.29) is 0 Å². The van der Waals surface area contributed by atoms with Crippen LogP contribution in [0.4, 0.5) is 0 Å². The number of rotatable bonds is 6. The summed E-state index contributed by atoms with van der Waals surface area (Å²) < 4.78 is 0. The van der Waals surface area contributed by atoms with E-state index in [1.165, 1.54) is 51.4 Å². The van der Waals surface area contributed by atoms with Gasteiger partial charge in [-0.15, -0.1) is 0 Å². The molecule has 0 aromatic heterocycles. The quantitative estimate of drug-likeness (QED) is 0.656. The maximum absolute atomic E-state index is 6.84. The van der Waals surface area contributed by atoms with Crippen LogP contribution in [-0.2, 0) is 0 Å². The Morgan fingerprint density at radius 3 is 2.16 bits per heavy atom. The standard InChI is InChI=1S/C23H46N2/c1-7-19-12-18(14-23(8-2,16(5)6)22(19)25)11-17-9-10-21(24)20(13-17)15(3)4/h15-22H,7-14,24-25H2,1-6H3. The van der Waals surface area contributed by atoms with Gasteiger partial charge in [0.25, 0.3) is 0 Å². The average molecular weight is 351 g/mol. The summed E-state index contributed by atoms with van der Waals surface area (Å²) in [4.78, 5) is 0. The van der Waals surface area contributed by atoms with Crippen LogP contribution >= 0.6 is 0 Å². The fraction of sp³-hybridized carbons (Fsp3) is 1.00. The largest absolute Gasteiger partial charge is 0.327 e. The summed E-state index contributed by atoms with van der Waals surface area (Å²) in [5, 5.41) is 0. The molecule has 2 nitrogen and oxygen atoms in total. The van der Waals surface area contributed by atoms with Crippen molar-refractivity contribution in [1.82, 2.24) is 0 Å². The van der Waals surface area contributed by atoms with E-state index in [9.17, 15) is 0 Å². The molecule has 2 saturated carbocycles. The molecule has 2 aliphatic carbocycles. The molecule has 2 rings (SSSR count). The predicted octanol–water partition coefficient (Wildman–Crippen LogP) is 5.59. The van der Waals surface area contributed by atoms with Crippen molar-refractivity contribution in [2.75, 3.05) is 0 Å². The first-order valence-corrected chi connectivity index (χ1v) is 11.3. The molecule has 25 heavy (non-hydrogen) atoms. The van der Waals surface area contributed by atoms with Crippen LogP contribution in [0, 0.1) is 40.9 Å². The summed E-state index contributed by atoms with van der Waals surface area (Å²) >= 11 is 0. The highest BCUT2D eigenvalue weighted by atomic mass is 14.7. The minimum atomic E-state index is 0.353. The van der Waals surface area contributed by atoms with Crippen LogP contribution in [0.1, 0.15) is 92.9 Å². The molecule has 7 atom stereocenters. The highest BCUT2D eigenvalue weighted by Gasteiger charge is 2.47. The third-order valence-corrected chi connectivity index (χ3v) is 8.40. The van der Waals surface area contributed by atoms with Crippen LogP contribution < -0.4 is 11.5 Å². The van der Waals surface area contributed by atoms with Crippen molar-refractivity contribution in [3.05, 3.63) is 0 Å². The van der Waals surface area contributed by atoms with Crippen LogP contribution in [0.3, 0.4) is 0 Å². The van der Waals surface area contributed by atoms with Gasteiger partial charge in [-0.2, -0.15) is 0 Å². The summed E-state index contributed by atoms with van der Waals surface area (Å²) in [6.07, 6.45) is 10.6. The highest BCUT2D eigenvalue weighted by molar-refractivity contribution is 5.00. The molecule has 2 aliphatic rings. The molecular weight excluding hydrogens is 304 g/mol. The predicted molar refractivity (Wildman–Crippen MR) is 110 cm³/mol. The second-order valence-corrected chi connectivity index (χ2v) is 10.2. The maximum atomic E-state index is 6.84. The Hall–Kier alpha value is -0.0800. The Bertz CT molecular complexity index is 405. The summed E-state index contributed by atoms with van der Waals surface area (Å²) in [5.74, 6) is 4.63. The van der Waals surface area contributed by atoms with E-state index in [1.54, 1.807) is 0 Å². The normalized spacial score (nSPS) is 43.0. The van der Waals surface area contributed by atoms with Crippen LogP contribution in [0.2, 0.25) is 0 Å². The van der Waals surface area contributed by atoms with Gasteiger partial charge in [0, 0.05) is 12.1 Å². The average Bonchev–Trinajstić information content (AvgIpc) is 2.57. The Kier molecular flexibility index (Phi) is 7.42. The van der Waals surface area contributed by atoms with Crippen molar-refractivity contribution in [2.24, 2.45) is 52.4 Å². The van der Waals surface area contributed by atoms with Gasteiger partial charge in [0.15, 0.2) is 0 Å². The molecule has 0 aromatic carbocycles. The topological polar surface area (TPSA) is 52.0 Å². The van der Waals surface area contributed by atoms with Crippen molar-refractivity contribution in [2.45, 2.75) is 105 Å². The zero-order chi connectivity index (χ0) is 18.8. The fourth-order valence-corrected chi connectivity index (χ4v) is 6.58. The van der Waals surface area contributed by atoms with Crippen molar-refractivity contribution < 1.29 is 0 Å². The van der Waals surface area contributed by atoms with E-state index in [4.69, 9.17) is 11.5 Å². The molecule has 0 spiro atoms. The highest BCUT2D eigenvalue weighted by Crippen LogP contribution is 2.51. The van der Waals surface area contributed by atoms with Gasteiger partial charge in [0.05, 0.1) is 0 Å². The second-order valence-electron chi connectivity index (χ2n) is 10.2. The first kappa shape index (κ1) is 21.2. The molecule has 0 bridgehead atoms. The van der Waals surface area contributed by atoms with E-state index in [0.717, 1.165) is 23.7 Å². The zero-order valence-electron chi connectivity index (χ0n) is 17.9. The molecule has 7 unspecified atom stereocenters. The molecule has 0 amide bonds. The summed E-state index contributed by atoms with van der Waals surface area (Å²) in [6.45, 7) is 14.3. The number of nitrogens with two attached hydrogens (primary N) is 2. The Balaban J connectivity index is 2.08. The molecular formula is C23H46N2. The minimum Gasteiger partial charge on any atom is -0.327 e. The number of hydrogen-bond donors (Lipinski definition) is 2. The lowest BCUT2D eigenvalue weighted by atomic mass is 9.55. The SMILES string of the molecule is CCC1CC(CC2CCC(N)C(C(C)C)C2)CC(CC)(C(C)C)C1N. The molecule has 4 N–H and O–H groups in total. The van der Waals surface area contributed by atoms with Gasteiger partial charge >= 0.3 is 0 Å². The molecule has 148 valence electrons. The molecule has 0 saturated heterocycles. The van der Waals surface area contributed by atoms with Gasteiger partial charge in [0.2, 0.25) is 0 Å². The summed E-state index contributed by atoms with van der Waals surface area (Å²) in [6, 6.07) is 0.826. The first-order valence-electron chi connectivity index (χ1n) is 11.3. The van der Waals surface area contributed by atoms with Gasteiger partial charge in [-0.3, -0.25) is 0 Å². The third kappa shape index (κ3) is 4.43. The van der Waals surface area contributed by atoms with Gasteiger partial charge in [-0.1, -0.05) is 48.0 Å². The van der Waals surface area contributed by atoms with E-state index in [1.807, 2.05) is 0 Å². The molecule has 0 aromatic rings. The fourth-order valence-electron chi connectivity index (χ4n) is 6.58. The van der Waals surface area contributed by atoms with Crippen LogP contribution in [0.15, 0.2) is 0 Å². The lowest BCUT2D eigenvalue weighted by molar-refractivity contribution is 0.000957. The molecule has 0 aliphatic heterocycles. The van der Waals surface area contributed by atoms with E-state index >= 15 is 0 Å². The molecule has 2 fully saturated rings. The van der Waals surface area contributed by atoms with Crippen molar-refractivity contribution in [3.8, 4) is 0 Å². The van der Waals surface area contributed by atoms with Gasteiger partial charge < -0.3 is 11.5 Å². The molecule has 0 radical (unpaired) electrons. The van der Waals surface area contributed by atoms with E-state index < -0.39 is 0 Å². The van der Waals surface area contributed by atoms with E-state index in [2.05, 4.69) is 41.5 Å². The molecule has 2 heteroatoms. The number of hydrogen-bond acceptors (Lipinski definition) is 2. The summed E-state index contributed by atoms with van der Waals surface area (Å²) in [7, 11) is 0. The lowest BCUT2D eigenvalue weighted by Crippen LogP contribution is -2.54. The summed E-state index contributed by atoms with van der Waals surface area (Å²) in [5.41, 5.74) is 13.6. The van der Waals surface area contributed by atoms with E-state index in [0.29, 0.717) is 29.3 Å². The van der Waals surface area contributed by atoms with Crippen molar-refractivity contribution in [1.29, 1.82) is 0 Å². The monoisotopic (exact) mass is 350 g/mol. The van der Waals surface area contributed by atoms with Crippen LogP contribution in [0.5, 0.6) is 0 Å². The zero-order valence-corrected chi connectivity index (χ0v) is 17.9. The maximum Gasteiger partial charge on any atom is 0.0126 e. The Morgan fingerprint density at radius 1 is 0.960 bits per heavy atom. The molecule has 0 heterocycles. The Labute approximate surface area is 157 Å². The lowest BCUT2D eigenvalue weighted by Gasteiger charge is -2.52. The van der Waals surface area contributed by atoms with Crippen molar-refractivity contribution >= 4 is 0 Å². The van der Waals surface area contributed by atoms with Crippen molar-refractivity contribution in [3.63, 3.8) is 0 Å². The third-order valence-electron chi connectivity index (χ3n) is 8.40. The Morgan fingerprint density at radius 2 is 1.64 bits per heavy atom. The van der Waals surface area contributed by atoms with Crippen LogP contribution in [-0.4, -0.2) is 12.1 Å². The van der Waals surface area contributed by atoms with Gasteiger partial charge in [-0.05, 0) is 85.9 Å².